The second kappa shape index (κ2) is 9.00. The minimum absolute atomic E-state index is 0.107. The summed E-state index contributed by atoms with van der Waals surface area (Å²) in [7, 11) is -0.749. The molecule has 0 radical (unpaired) electrons. The van der Waals surface area contributed by atoms with Crippen molar-refractivity contribution in [3.05, 3.63) is 78.5 Å². The number of benzene rings is 2. The van der Waals surface area contributed by atoms with Gasteiger partial charge in [0.2, 0.25) is 0 Å². The van der Waals surface area contributed by atoms with E-state index in [0.29, 0.717) is 24.7 Å². The number of hydrogen-bond acceptors (Lipinski definition) is 5. The number of aromatic nitrogens is 1. The van der Waals surface area contributed by atoms with Crippen LogP contribution in [-0.4, -0.2) is 50.7 Å². The first-order valence-corrected chi connectivity index (χ1v) is 13.0. The lowest BCUT2D eigenvalue weighted by Gasteiger charge is -2.44. The van der Waals surface area contributed by atoms with E-state index >= 15 is 0 Å². The van der Waals surface area contributed by atoms with Gasteiger partial charge in [-0.05, 0) is 15.4 Å². The summed E-state index contributed by atoms with van der Waals surface area (Å²) in [5.41, 5.74) is 0.107. The first-order chi connectivity index (χ1) is 15.7. The first-order valence-electron chi connectivity index (χ1n) is 11.1. The van der Waals surface area contributed by atoms with Crippen LogP contribution in [0.25, 0.3) is 0 Å². The van der Waals surface area contributed by atoms with Crippen molar-refractivity contribution in [1.29, 1.82) is 0 Å². The number of pyridine rings is 1. The molecule has 1 aliphatic rings. The van der Waals surface area contributed by atoms with Gasteiger partial charge in [-0.2, -0.15) is 0 Å². The monoisotopic (exact) mass is 462 g/mol. The largest absolute Gasteiger partial charge is 0.482 e. The molecule has 2 heterocycles. The van der Waals surface area contributed by atoms with Crippen LogP contribution in [0.5, 0.6) is 5.75 Å². The lowest BCUT2D eigenvalue weighted by Crippen LogP contribution is -2.67. The molecular formula is C26H30N2O4Si. The third-order valence-electron chi connectivity index (χ3n) is 6.12. The molecular weight excluding hydrogens is 432 g/mol. The van der Waals surface area contributed by atoms with Crippen molar-refractivity contribution >= 4 is 30.5 Å². The second-order valence-electron chi connectivity index (χ2n) is 9.45. The lowest BCUT2D eigenvalue weighted by molar-refractivity contribution is 0.0694. The lowest BCUT2D eigenvalue weighted by atomic mass is 10.2. The quantitative estimate of drug-likeness (QED) is 0.565. The molecule has 0 aliphatic carbocycles. The molecule has 0 bridgehead atoms. The van der Waals surface area contributed by atoms with Crippen LogP contribution in [0, 0.1) is 0 Å². The molecule has 0 unspecified atom stereocenters. The van der Waals surface area contributed by atoms with Crippen molar-refractivity contribution in [2.75, 3.05) is 25.1 Å². The molecule has 6 nitrogen and oxygen atoms in total. The molecule has 33 heavy (non-hydrogen) atoms. The van der Waals surface area contributed by atoms with Crippen LogP contribution in [0.15, 0.2) is 72.9 Å². The van der Waals surface area contributed by atoms with Crippen molar-refractivity contribution in [2.45, 2.75) is 31.9 Å². The van der Waals surface area contributed by atoms with Gasteiger partial charge in [-0.3, -0.25) is 0 Å². The maximum Gasteiger partial charge on any atom is 0.337 e. The summed E-state index contributed by atoms with van der Waals surface area (Å²) >= 11 is 0. The Morgan fingerprint density at radius 2 is 1.70 bits per heavy atom. The molecule has 1 atom stereocenters. The fraction of sp³-hybridized carbons (Fsp3) is 0.308. The highest BCUT2D eigenvalue weighted by Gasteiger charge is 2.50. The zero-order valence-corrected chi connectivity index (χ0v) is 20.5. The van der Waals surface area contributed by atoms with Gasteiger partial charge in [-0.15, -0.1) is 0 Å². The third kappa shape index (κ3) is 4.38. The molecule has 0 saturated heterocycles. The van der Waals surface area contributed by atoms with Crippen LogP contribution >= 0.6 is 0 Å². The van der Waals surface area contributed by atoms with Crippen LogP contribution in [0.2, 0.25) is 5.04 Å². The zero-order valence-electron chi connectivity index (χ0n) is 19.5. The zero-order chi connectivity index (χ0) is 23.6. The smallest absolute Gasteiger partial charge is 0.337 e. The number of rotatable bonds is 6. The van der Waals surface area contributed by atoms with Gasteiger partial charge in [0, 0.05) is 19.3 Å². The van der Waals surface area contributed by atoms with Gasteiger partial charge in [0.25, 0.3) is 8.32 Å². The van der Waals surface area contributed by atoms with E-state index in [1.165, 1.54) is 22.6 Å². The van der Waals surface area contributed by atoms with Crippen LogP contribution in [-0.2, 0) is 4.43 Å². The van der Waals surface area contributed by atoms with Gasteiger partial charge in [0.15, 0.2) is 11.6 Å². The topological polar surface area (TPSA) is 71.9 Å². The van der Waals surface area contributed by atoms with Gasteiger partial charge in [-0.1, -0.05) is 81.4 Å². The summed E-state index contributed by atoms with van der Waals surface area (Å²) in [6, 6.07) is 22.5. The predicted octanol–water partition coefficient (Wildman–Crippen LogP) is 3.55. The van der Waals surface area contributed by atoms with Gasteiger partial charge < -0.3 is 19.2 Å². The normalized spacial score (nSPS) is 16.1. The number of carbonyl (C=O) groups is 1. The van der Waals surface area contributed by atoms with Gasteiger partial charge in [0.1, 0.15) is 6.10 Å². The Kier molecular flexibility index (Phi) is 6.27. The highest BCUT2D eigenvalue weighted by molar-refractivity contribution is 6.99. The number of hydrogen-bond donors (Lipinski definition) is 1. The third-order valence-corrected chi connectivity index (χ3v) is 11.1. The fourth-order valence-corrected chi connectivity index (χ4v) is 9.19. The Bertz CT molecular complexity index is 1080. The van der Waals surface area contributed by atoms with E-state index in [-0.39, 0.29) is 16.7 Å². The number of aromatic carboxylic acids is 1. The molecule has 0 fully saturated rings. The van der Waals surface area contributed by atoms with E-state index in [1.807, 2.05) is 24.1 Å². The Hall–Kier alpha value is -3.16. The van der Waals surface area contributed by atoms with E-state index in [0.717, 1.165) is 0 Å². The number of anilines is 1. The van der Waals surface area contributed by atoms with Crippen LogP contribution in [0.4, 0.5) is 5.82 Å². The summed E-state index contributed by atoms with van der Waals surface area (Å²) in [5.74, 6) is 0.0867. The molecule has 0 spiro atoms. The van der Waals surface area contributed by atoms with Gasteiger partial charge >= 0.3 is 5.97 Å². The number of likely N-dealkylation sites (N-methyl/N-ethyl adjacent to an activating group) is 1. The second-order valence-corrected chi connectivity index (χ2v) is 13.8. The summed E-state index contributed by atoms with van der Waals surface area (Å²) in [5, 5.41) is 11.6. The molecule has 4 rings (SSSR count). The minimum Gasteiger partial charge on any atom is -0.482 e. The maximum atomic E-state index is 11.4. The molecule has 0 amide bonds. The number of nitrogens with zero attached hydrogens (tertiary/aromatic N) is 2. The average Bonchev–Trinajstić information content (AvgIpc) is 2.79. The van der Waals surface area contributed by atoms with E-state index in [9.17, 15) is 9.90 Å². The van der Waals surface area contributed by atoms with Crippen molar-refractivity contribution in [3.63, 3.8) is 0 Å². The number of carboxylic acids is 1. The Morgan fingerprint density at radius 3 is 2.21 bits per heavy atom. The number of ether oxygens (including phenoxy) is 1. The van der Waals surface area contributed by atoms with Gasteiger partial charge in [0.05, 0.1) is 18.7 Å². The van der Waals surface area contributed by atoms with E-state index in [1.54, 1.807) is 0 Å². The van der Waals surface area contributed by atoms with Crippen molar-refractivity contribution in [1.82, 2.24) is 4.98 Å². The molecule has 3 aromatic rings. The Morgan fingerprint density at radius 1 is 1.12 bits per heavy atom. The van der Waals surface area contributed by atoms with E-state index in [4.69, 9.17) is 9.16 Å². The summed E-state index contributed by atoms with van der Waals surface area (Å²) < 4.78 is 13.2. The van der Waals surface area contributed by atoms with Crippen molar-refractivity contribution in [3.8, 4) is 5.75 Å². The van der Waals surface area contributed by atoms with Crippen LogP contribution in [0.1, 0.15) is 31.1 Å². The number of carboxylic acid groups (broad SMARTS) is 1. The molecule has 1 N–H and O–H groups in total. The van der Waals surface area contributed by atoms with Gasteiger partial charge in [-0.25, -0.2) is 9.78 Å². The molecule has 172 valence electrons. The summed E-state index contributed by atoms with van der Waals surface area (Å²) in [4.78, 5) is 17.7. The predicted molar refractivity (Wildman–Crippen MR) is 132 cm³/mol. The van der Waals surface area contributed by atoms with E-state index < -0.39 is 14.3 Å². The molecule has 0 saturated carbocycles. The van der Waals surface area contributed by atoms with E-state index in [2.05, 4.69) is 74.3 Å². The highest BCUT2D eigenvalue weighted by atomic mass is 28.4. The summed E-state index contributed by atoms with van der Waals surface area (Å²) in [6.07, 6.45) is 1.11. The fourth-order valence-electron chi connectivity index (χ4n) is 4.60. The number of fused-ring (bicyclic) bond motifs is 1. The van der Waals surface area contributed by atoms with Crippen molar-refractivity contribution < 1.29 is 19.1 Å². The van der Waals surface area contributed by atoms with Crippen molar-refractivity contribution in [2.24, 2.45) is 0 Å². The Balaban J connectivity index is 1.68. The molecule has 7 heteroatoms. The average molecular weight is 463 g/mol. The Labute approximate surface area is 195 Å². The van der Waals surface area contributed by atoms with Crippen LogP contribution in [0.3, 0.4) is 0 Å². The summed E-state index contributed by atoms with van der Waals surface area (Å²) in [6.45, 7) is 7.71. The molecule has 2 aromatic carbocycles. The molecule has 1 aliphatic heterocycles. The van der Waals surface area contributed by atoms with Crippen LogP contribution < -0.4 is 20.0 Å². The first kappa shape index (κ1) is 23.0. The highest BCUT2D eigenvalue weighted by Crippen LogP contribution is 2.37. The minimum atomic E-state index is -2.68. The molecule has 1 aromatic heterocycles. The maximum absolute atomic E-state index is 11.4. The standard InChI is InChI=1S/C26H30N2O4Si/c1-26(2,3)33(21-11-7-5-8-12-21,22-13-9-6-10-14-22)31-18-20-17-28(4)24-23(32-20)15-19(16-27-24)25(29)30/h5-16,20H,17-18H2,1-4H3,(H,29,30)/t20-/m0/s1. The SMILES string of the molecule is CN1C[C@@H](CO[Si](c2ccccc2)(c2ccccc2)C(C)(C)C)Oc2cc(C(=O)O)cnc21.